The van der Waals surface area contributed by atoms with E-state index in [-0.39, 0.29) is 0 Å². The van der Waals surface area contributed by atoms with Crippen LogP contribution in [0.25, 0.3) is 5.69 Å². The molecule has 0 aliphatic heterocycles. The lowest BCUT2D eigenvalue weighted by molar-refractivity contribution is 0.521. The summed E-state index contributed by atoms with van der Waals surface area (Å²) in [7, 11) is 0. The summed E-state index contributed by atoms with van der Waals surface area (Å²) >= 11 is 3.07. The lowest BCUT2D eigenvalue weighted by Gasteiger charge is -1.98. The van der Waals surface area contributed by atoms with Crippen molar-refractivity contribution < 1.29 is 4.39 Å². The fourth-order valence-corrected chi connectivity index (χ4v) is 1.28. The molecular formula is C7H4BrFN4. The zero-order valence-electron chi connectivity index (χ0n) is 6.35. The third-order valence-electron chi connectivity index (χ3n) is 1.46. The van der Waals surface area contributed by atoms with Gasteiger partial charge >= 0.3 is 0 Å². The van der Waals surface area contributed by atoms with Gasteiger partial charge in [-0.05, 0) is 15.9 Å². The number of hydrogen-bond donors (Lipinski definition) is 0. The molecule has 0 amide bonds. The van der Waals surface area contributed by atoms with Gasteiger partial charge in [0, 0.05) is 6.20 Å². The minimum atomic E-state index is -0.596. The van der Waals surface area contributed by atoms with E-state index in [2.05, 4.69) is 30.9 Å². The highest BCUT2D eigenvalue weighted by Gasteiger charge is 2.06. The summed E-state index contributed by atoms with van der Waals surface area (Å²) < 4.78 is 14.8. The molecule has 0 saturated carbocycles. The summed E-state index contributed by atoms with van der Waals surface area (Å²) in [6, 6.07) is 0. The fraction of sp³-hybridized carbons (Fsp3) is 0. The molecule has 4 nitrogen and oxygen atoms in total. The molecule has 0 aliphatic carbocycles. The predicted molar refractivity (Wildman–Crippen MR) is 46.8 cm³/mol. The predicted octanol–water partition coefficient (Wildman–Crippen LogP) is 1.56. The minimum Gasteiger partial charge on any atom is -0.272 e. The normalized spacial score (nSPS) is 10.3. The van der Waals surface area contributed by atoms with Gasteiger partial charge in [-0.3, -0.25) is 4.57 Å². The maximum atomic E-state index is 13.1. The molecule has 0 radical (unpaired) electrons. The summed E-state index contributed by atoms with van der Waals surface area (Å²) in [6.07, 6.45) is 5.30. The second kappa shape index (κ2) is 3.21. The Labute approximate surface area is 81.6 Å². The van der Waals surface area contributed by atoms with Crippen LogP contribution >= 0.6 is 15.9 Å². The first-order valence-electron chi connectivity index (χ1n) is 3.43. The zero-order chi connectivity index (χ0) is 9.26. The van der Waals surface area contributed by atoms with E-state index in [1.54, 1.807) is 0 Å². The van der Waals surface area contributed by atoms with Crippen LogP contribution in [0.3, 0.4) is 0 Å². The first kappa shape index (κ1) is 8.31. The summed E-state index contributed by atoms with van der Waals surface area (Å²) in [6.45, 7) is 0. The number of aromatic nitrogens is 4. The SMILES string of the molecule is Fc1nc(Br)cn1-c1cncnc1. The molecule has 2 aromatic rings. The first-order chi connectivity index (χ1) is 6.27. The van der Waals surface area contributed by atoms with Crippen LogP contribution in [0.5, 0.6) is 0 Å². The van der Waals surface area contributed by atoms with E-state index in [1.807, 2.05) is 0 Å². The molecule has 0 fully saturated rings. The van der Waals surface area contributed by atoms with Crippen LogP contribution in [0.4, 0.5) is 4.39 Å². The number of hydrogen-bond acceptors (Lipinski definition) is 3. The van der Waals surface area contributed by atoms with Crippen LogP contribution in [0.1, 0.15) is 0 Å². The molecule has 2 aromatic heterocycles. The molecule has 0 bridgehead atoms. The largest absolute Gasteiger partial charge is 0.294 e. The summed E-state index contributed by atoms with van der Waals surface area (Å²) in [5, 5.41) is 0. The average Bonchev–Trinajstić information content (AvgIpc) is 2.47. The van der Waals surface area contributed by atoms with Crippen LogP contribution in [-0.4, -0.2) is 19.5 Å². The average molecular weight is 243 g/mol. The Bertz CT molecular complexity index is 414. The first-order valence-corrected chi connectivity index (χ1v) is 4.22. The van der Waals surface area contributed by atoms with Crippen LogP contribution in [0.15, 0.2) is 29.5 Å². The second-order valence-corrected chi connectivity index (χ2v) is 3.11. The summed E-state index contributed by atoms with van der Waals surface area (Å²) in [5.74, 6) is 0. The van der Waals surface area contributed by atoms with Gasteiger partial charge in [-0.2, -0.15) is 9.37 Å². The standard InChI is InChI=1S/C7H4BrFN4/c8-6-3-13(7(9)12-6)5-1-10-4-11-2-5/h1-4H. The van der Waals surface area contributed by atoms with E-state index in [0.29, 0.717) is 10.3 Å². The molecule has 0 aliphatic rings. The molecule has 2 heterocycles. The van der Waals surface area contributed by atoms with Crippen molar-refractivity contribution in [3.8, 4) is 5.69 Å². The van der Waals surface area contributed by atoms with Gasteiger partial charge < -0.3 is 0 Å². The van der Waals surface area contributed by atoms with Crippen molar-refractivity contribution in [1.29, 1.82) is 0 Å². The van der Waals surface area contributed by atoms with Crippen molar-refractivity contribution >= 4 is 15.9 Å². The molecule has 0 atom stereocenters. The smallest absolute Gasteiger partial charge is 0.272 e. The van der Waals surface area contributed by atoms with Crippen molar-refractivity contribution in [2.75, 3.05) is 0 Å². The maximum Gasteiger partial charge on any atom is 0.294 e. The molecule has 0 aromatic carbocycles. The van der Waals surface area contributed by atoms with E-state index in [1.165, 1.54) is 29.5 Å². The van der Waals surface area contributed by atoms with Gasteiger partial charge in [0.2, 0.25) is 0 Å². The topological polar surface area (TPSA) is 43.6 Å². The van der Waals surface area contributed by atoms with Crippen molar-refractivity contribution in [3.63, 3.8) is 0 Å². The van der Waals surface area contributed by atoms with E-state index in [9.17, 15) is 4.39 Å². The molecule has 0 spiro atoms. The van der Waals surface area contributed by atoms with Gasteiger partial charge in [0.15, 0.2) is 0 Å². The number of imidazole rings is 1. The van der Waals surface area contributed by atoms with E-state index in [0.717, 1.165) is 0 Å². The van der Waals surface area contributed by atoms with Gasteiger partial charge in [-0.15, -0.1) is 0 Å². The van der Waals surface area contributed by atoms with Crippen LogP contribution in [0.2, 0.25) is 0 Å². The Balaban J connectivity index is 2.53. The lowest BCUT2D eigenvalue weighted by Crippen LogP contribution is -1.97. The highest BCUT2D eigenvalue weighted by molar-refractivity contribution is 9.10. The third-order valence-corrected chi connectivity index (χ3v) is 1.84. The number of nitrogens with zero attached hydrogens (tertiary/aromatic N) is 4. The zero-order valence-corrected chi connectivity index (χ0v) is 7.94. The summed E-state index contributed by atoms with van der Waals surface area (Å²) in [5.41, 5.74) is 0.540. The Kier molecular flexibility index (Phi) is 2.05. The van der Waals surface area contributed by atoms with Crippen molar-refractivity contribution in [3.05, 3.63) is 35.6 Å². The number of halogens is 2. The Hall–Kier alpha value is -1.30. The van der Waals surface area contributed by atoms with Gasteiger partial charge in [0.05, 0.1) is 18.1 Å². The Morgan fingerprint density at radius 3 is 2.54 bits per heavy atom. The van der Waals surface area contributed by atoms with Gasteiger partial charge in [0.1, 0.15) is 10.9 Å². The van der Waals surface area contributed by atoms with Crippen molar-refractivity contribution in [2.45, 2.75) is 0 Å². The monoisotopic (exact) mass is 242 g/mol. The summed E-state index contributed by atoms with van der Waals surface area (Å²) in [4.78, 5) is 11.1. The molecule has 2 rings (SSSR count). The van der Waals surface area contributed by atoms with Crippen LogP contribution in [-0.2, 0) is 0 Å². The van der Waals surface area contributed by atoms with E-state index >= 15 is 0 Å². The third kappa shape index (κ3) is 1.57. The highest BCUT2D eigenvalue weighted by Crippen LogP contribution is 2.13. The Morgan fingerprint density at radius 1 is 1.31 bits per heavy atom. The van der Waals surface area contributed by atoms with Gasteiger partial charge in [0.25, 0.3) is 6.08 Å². The van der Waals surface area contributed by atoms with Crippen LogP contribution < -0.4 is 0 Å². The Morgan fingerprint density at radius 2 is 2.00 bits per heavy atom. The molecule has 6 heteroatoms. The number of rotatable bonds is 1. The second-order valence-electron chi connectivity index (χ2n) is 2.30. The van der Waals surface area contributed by atoms with Crippen molar-refractivity contribution in [1.82, 2.24) is 19.5 Å². The molecule has 66 valence electrons. The molecule has 0 unspecified atom stereocenters. The molecule has 13 heavy (non-hydrogen) atoms. The molecular weight excluding hydrogens is 239 g/mol. The van der Waals surface area contributed by atoms with Crippen molar-refractivity contribution in [2.24, 2.45) is 0 Å². The minimum absolute atomic E-state index is 0.439. The van der Waals surface area contributed by atoms with E-state index < -0.39 is 6.08 Å². The maximum absolute atomic E-state index is 13.1. The van der Waals surface area contributed by atoms with E-state index in [4.69, 9.17) is 0 Å². The van der Waals surface area contributed by atoms with Gasteiger partial charge in [-0.25, -0.2) is 9.97 Å². The lowest BCUT2D eigenvalue weighted by atomic mass is 10.5. The van der Waals surface area contributed by atoms with Gasteiger partial charge in [-0.1, -0.05) is 0 Å². The quantitative estimate of drug-likeness (QED) is 0.763. The fourth-order valence-electron chi connectivity index (χ4n) is 0.927. The van der Waals surface area contributed by atoms with Crippen LogP contribution in [0, 0.1) is 6.08 Å². The molecule has 0 N–H and O–H groups in total. The highest BCUT2D eigenvalue weighted by atomic mass is 79.9. The molecule has 0 saturated heterocycles.